The topological polar surface area (TPSA) is 23.6 Å². The Morgan fingerprint density at radius 1 is 0.523 bits per heavy atom. The van der Waals surface area contributed by atoms with Gasteiger partial charge in [-0.1, -0.05) is 108 Å². The van der Waals surface area contributed by atoms with Crippen LogP contribution in [0.3, 0.4) is 0 Å². The highest BCUT2D eigenvalue weighted by Gasteiger charge is 2.51. The van der Waals surface area contributed by atoms with Gasteiger partial charge >= 0.3 is 0 Å². The van der Waals surface area contributed by atoms with E-state index in [1.165, 1.54) is 44.5 Å². The Labute approximate surface area is 257 Å². The van der Waals surface area contributed by atoms with Crippen LogP contribution in [0, 0.1) is 13.8 Å². The highest BCUT2D eigenvalue weighted by molar-refractivity contribution is 6.11. The third-order valence-corrected chi connectivity index (χ3v) is 9.77. The summed E-state index contributed by atoms with van der Waals surface area (Å²) in [5.41, 5.74) is 15.8. The molecule has 0 unspecified atom stereocenters. The molecule has 3 nitrogen and oxygen atoms in total. The summed E-state index contributed by atoms with van der Waals surface area (Å²) in [5, 5.41) is 0. The minimum Gasteiger partial charge on any atom is -0.310 e. The van der Waals surface area contributed by atoms with E-state index in [0.29, 0.717) is 6.54 Å². The summed E-state index contributed by atoms with van der Waals surface area (Å²) in [6.45, 7) is 4.95. The maximum atomic E-state index is 13.8. The molecule has 0 N–H and O–H groups in total. The van der Waals surface area contributed by atoms with Gasteiger partial charge in [0.15, 0.2) is 0 Å². The Morgan fingerprint density at radius 2 is 1.09 bits per heavy atom. The molecule has 0 saturated carbocycles. The number of hydrogen-bond donors (Lipinski definition) is 0. The second kappa shape index (κ2) is 9.05. The molecule has 2 heterocycles. The fourth-order valence-corrected chi connectivity index (χ4v) is 7.90. The number of anilines is 4. The summed E-state index contributed by atoms with van der Waals surface area (Å²) in [7, 11) is 0. The van der Waals surface area contributed by atoms with E-state index in [9.17, 15) is 4.79 Å². The molecule has 0 atom stereocenters. The first-order chi connectivity index (χ1) is 21.6. The Balaban J connectivity index is 1.31. The van der Waals surface area contributed by atoms with E-state index < -0.39 is 5.41 Å². The maximum Gasteiger partial charge on any atom is 0.259 e. The molecule has 210 valence electrons. The summed E-state index contributed by atoms with van der Waals surface area (Å²) in [6.07, 6.45) is 0. The van der Waals surface area contributed by atoms with E-state index in [4.69, 9.17) is 0 Å². The van der Waals surface area contributed by atoms with Gasteiger partial charge in [0, 0.05) is 16.9 Å². The minimum absolute atomic E-state index is 0.0495. The van der Waals surface area contributed by atoms with Crippen LogP contribution in [0.4, 0.5) is 22.7 Å². The lowest BCUT2D eigenvalue weighted by Crippen LogP contribution is -2.36. The number of hydrogen-bond acceptors (Lipinski definition) is 2. The first-order valence-electron chi connectivity index (χ1n) is 15.3. The highest BCUT2D eigenvalue weighted by Crippen LogP contribution is 2.63. The van der Waals surface area contributed by atoms with Crippen molar-refractivity contribution in [3.63, 3.8) is 0 Å². The fraction of sp³-hybridized carbons (Fsp3) is 0.0976. The van der Waals surface area contributed by atoms with E-state index in [1.807, 2.05) is 35.2 Å². The fourth-order valence-electron chi connectivity index (χ4n) is 7.90. The third-order valence-electron chi connectivity index (χ3n) is 9.77. The van der Waals surface area contributed by atoms with Crippen molar-refractivity contribution in [1.29, 1.82) is 0 Å². The molecule has 3 aliphatic rings. The highest BCUT2D eigenvalue weighted by atomic mass is 16.2. The predicted octanol–water partition coefficient (Wildman–Crippen LogP) is 9.61. The molecule has 0 bridgehead atoms. The van der Waals surface area contributed by atoms with Gasteiger partial charge in [-0.15, -0.1) is 0 Å². The number of para-hydroxylation sites is 1. The van der Waals surface area contributed by atoms with Crippen molar-refractivity contribution >= 4 is 28.7 Å². The summed E-state index contributed by atoms with van der Waals surface area (Å²) >= 11 is 0. The average molecular weight is 567 g/mol. The Morgan fingerprint density at radius 3 is 1.70 bits per heavy atom. The number of aryl methyl sites for hydroxylation is 2. The number of benzene rings is 6. The van der Waals surface area contributed by atoms with Crippen LogP contribution in [0.1, 0.15) is 49.3 Å². The summed E-state index contributed by atoms with van der Waals surface area (Å²) in [5.74, 6) is 0.0495. The van der Waals surface area contributed by atoms with Crippen LogP contribution >= 0.6 is 0 Å². The molecule has 0 saturated heterocycles. The van der Waals surface area contributed by atoms with Crippen LogP contribution in [0.5, 0.6) is 0 Å². The predicted molar refractivity (Wildman–Crippen MR) is 178 cm³/mol. The van der Waals surface area contributed by atoms with Crippen LogP contribution in [-0.4, -0.2) is 5.91 Å². The van der Waals surface area contributed by atoms with Crippen molar-refractivity contribution in [2.24, 2.45) is 0 Å². The lowest BCUT2D eigenvalue weighted by Gasteiger charge is -2.45. The lowest BCUT2D eigenvalue weighted by atomic mass is 9.64. The van der Waals surface area contributed by atoms with Crippen molar-refractivity contribution in [3.8, 4) is 11.1 Å². The van der Waals surface area contributed by atoms with Gasteiger partial charge in [0.2, 0.25) is 0 Å². The molecule has 2 aliphatic heterocycles. The Hall–Kier alpha value is -5.41. The van der Waals surface area contributed by atoms with Gasteiger partial charge in [0.25, 0.3) is 5.91 Å². The van der Waals surface area contributed by atoms with E-state index in [1.54, 1.807) is 0 Å². The van der Waals surface area contributed by atoms with E-state index in [2.05, 4.69) is 122 Å². The number of fused-ring (bicyclic) bond motifs is 10. The van der Waals surface area contributed by atoms with E-state index in [-0.39, 0.29) is 5.91 Å². The number of rotatable bonds is 2. The standard InChI is InChI=1S/C41H30N2O/c1-26-16-20-38-36(22-26)41(34-14-8-6-12-31(34)32-13-7-9-15-35(32)41)37-23-27(2)17-21-39(37)43(38)30-19-18-28-25-42(40(44)33(28)24-30)29-10-4-3-5-11-29/h3-24H,25H2,1-2H3. The number of amides is 1. The van der Waals surface area contributed by atoms with Gasteiger partial charge in [0.05, 0.1) is 23.3 Å². The molecule has 44 heavy (non-hydrogen) atoms. The maximum absolute atomic E-state index is 13.8. The van der Waals surface area contributed by atoms with Crippen LogP contribution in [0.15, 0.2) is 133 Å². The van der Waals surface area contributed by atoms with E-state index >= 15 is 0 Å². The van der Waals surface area contributed by atoms with Gasteiger partial charge in [-0.05, 0) is 89.2 Å². The van der Waals surface area contributed by atoms with Crippen LogP contribution in [-0.2, 0) is 12.0 Å². The zero-order valence-electron chi connectivity index (χ0n) is 24.7. The minimum atomic E-state index is -0.455. The average Bonchev–Trinajstić information content (AvgIpc) is 3.55. The largest absolute Gasteiger partial charge is 0.310 e. The van der Waals surface area contributed by atoms with Crippen molar-refractivity contribution in [2.45, 2.75) is 25.8 Å². The molecule has 1 aliphatic carbocycles. The molecule has 1 spiro atoms. The molecule has 3 heteroatoms. The number of nitrogens with zero attached hydrogens (tertiary/aromatic N) is 2. The second-order valence-electron chi connectivity index (χ2n) is 12.3. The zero-order chi connectivity index (χ0) is 29.6. The molecule has 0 radical (unpaired) electrons. The zero-order valence-corrected chi connectivity index (χ0v) is 24.7. The van der Waals surface area contributed by atoms with Crippen molar-refractivity contribution in [2.75, 3.05) is 9.80 Å². The van der Waals surface area contributed by atoms with Crippen LogP contribution in [0.2, 0.25) is 0 Å². The molecule has 0 fully saturated rings. The number of carbonyl (C=O) groups excluding carboxylic acids is 1. The van der Waals surface area contributed by atoms with Gasteiger partial charge < -0.3 is 9.80 Å². The summed E-state index contributed by atoms with van der Waals surface area (Å²) in [6, 6.07) is 47.9. The van der Waals surface area contributed by atoms with E-state index in [0.717, 1.165) is 33.9 Å². The SMILES string of the molecule is Cc1ccc2c(c1)C1(c3ccccc3-c3ccccc31)c1cc(C)ccc1N2c1ccc2c(c1)C(=O)N(c1ccccc1)C2. The van der Waals surface area contributed by atoms with Gasteiger partial charge in [-0.25, -0.2) is 0 Å². The van der Waals surface area contributed by atoms with Gasteiger partial charge in [-0.3, -0.25) is 4.79 Å². The molecule has 0 aromatic heterocycles. The van der Waals surface area contributed by atoms with Crippen molar-refractivity contribution in [3.05, 3.63) is 178 Å². The van der Waals surface area contributed by atoms with Gasteiger partial charge in [0.1, 0.15) is 0 Å². The third kappa shape index (κ3) is 3.24. The smallest absolute Gasteiger partial charge is 0.259 e. The molecule has 9 rings (SSSR count). The molecular formula is C41H30N2O. The first kappa shape index (κ1) is 25.1. The van der Waals surface area contributed by atoms with Crippen molar-refractivity contribution in [1.82, 2.24) is 0 Å². The monoisotopic (exact) mass is 566 g/mol. The van der Waals surface area contributed by atoms with Crippen LogP contribution < -0.4 is 9.80 Å². The summed E-state index contributed by atoms with van der Waals surface area (Å²) in [4.78, 5) is 18.0. The molecule has 6 aromatic rings. The Kier molecular flexibility index (Phi) is 5.16. The molecular weight excluding hydrogens is 536 g/mol. The van der Waals surface area contributed by atoms with Crippen LogP contribution in [0.25, 0.3) is 11.1 Å². The second-order valence-corrected chi connectivity index (χ2v) is 12.3. The quantitative estimate of drug-likeness (QED) is 0.208. The van der Waals surface area contributed by atoms with Gasteiger partial charge in [-0.2, -0.15) is 0 Å². The molecule has 6 aromatic carbocycles. The lowest BCUT2D eigenvalue weighted by molar-refractivity contribution is 0.0996. The number of carbonyl (C=O) groups is 1. The van der Waals surface area contributed by atoms with Crippen molar-refractivity contribution < 1.29 is 4.79 Å². The Bertz CT molecular complexity index is 2060. The summed E-state index contributed by atoms with van der Waals surface area (Å²) < 4.78 is 0. The normalized spacial score (nSPS) is 15.1. The molecule has 1 amide bonds. The first-order valence-corrected chi connectivity index (χ1v) is 15.3.